The molecule has 0 aliphatic carbocycles. The molecule has 96 valence electrons. The van der Waals surface area contributed by atoms with Gasteiger partial charge in [0.1, 0.15) is 0 Å². The SMILES string of the molecule is CC(C)C.Cc1cc([N+](=O)[O-])c2ccccc2c1. The lowest BCUT2D eigenvalue weighted by Crippen LogP contribution is -1.90. The minimum Gasteiger partial charge on any atom is -0.258 e. The predicted molar refractivity (Wildman–Crippen MR) is 75.9 cm³/mol. The molecule has 0 unspecified atom stereocenters. The summed E-state index contributed by atoms with van der Waals surface area (Å²) in [5.74, 6) is 0.833. The highest BCUT2D eigenvalue weighted by Gasteiger charge is 2.11. The first-order valence-corrected chi connectivity index (χ1v) is 6.05. The first-order valence-electron chi connectivity index (χ1n) is 6.05. The molecule has 0 spiro atoms. The van der Waals surface area contributed by atoms with E-state index in [0.717, 1.165) is 16.9 Å². The molecule has 0 fully saturated rings. The Hall–Kier alpha value is -1.90. The van der Waals surface area contributed by atoms with Gasteiger partial charge in [-0.15, -0.1) is 0 Å². The van der Waals surface area contributed by atoms with Crippen molar-refractivity contribution in [3.63, 3.8) is 0 Å². The molecule has 0 aliphatic rings. The molecule has 0 radical (unpaired) electrons. The summed E-state index contributed by atoms with van der Waals surface area (Å²) in [7, 11) is 0. The van der Waals surface area contributed by atoms with E-state index in [2.05, 4.69) is 20.8 Å². The van der Waals surface area contributed by atoms with Crippen LogP contribution in [0.15, 0.2) is 36.4 Å². The van der Waals surface area contributed by atoms with Gasteiger partial charge in [0, 0.05) is 6.07 Å². The van der Waals surface area contributed by atoms with Gasteiger partial charge in [0.2, 0.25) is 0 Å². The Morgan fingerprint density at radius 2 is 1.67 bits per heavy atom. The van der Waals surface area contributed by atoms with Crippen LogP contribution < -0.4 is 0 Å². The Morgan fingerprint density at radius 3 is 2.22 bits per heavy atom. The van der Waals surface area contributed by atoms with Crippen LogP contribution >= 0.6 is 0 Å². The highest BCUT2D eigenvalue weighted by atomic mass is 16.6. The fourth-order valence-electron chi connectivity index (χ4n) is 1.59. The summed E-state index contributed by atoms with van der Waals surface area (Å²) in [5.41, 5.74) is 1.09. The molecule has 0 aromatic heterocycles. The Labute approximate surface area is 108 Å². The van der Waals surface area contributed by atoms with Crippen molar-refractivity contribution in [2.75, 3.05) is 0 Å². The Morgan fingerprint density at radius 1 is 1.11 bits per heavy atom. The molecule has 0 N–H and O–H groups in total. The second kappa shape index (κ2) is 6.15. The van der Waals surface area contributed by atoms with Crippen LogP contribution in [0.1, 0.15) is 26.3 Å². The highest BCUT2D eigenvalue weighted by Crippen LogP contribution is 2.26. The second-order valence-corrected chi connectivity index (χ2v) is 4.99. The van der Waals surface area contributed by atoms with E-state index in [0.29, 0.717) is 5.39 Å². The number of hydrogen-bond acceptors (Lipinski definition) is 2. The summed E-state index contributed by atoms with van der Waals surface area (Å²) in [4.78, 5) is 10.4. The third-order valence-electron chi connectivity index (χ3n) is 2.18. The van der Waals surface area contributed by atoms with Gasteiger partial charge in [0.25, 0.3) is 5.69 Å². The van der Waals surface area contributed by atoms with Crippen molar-refractivity contribution in [2.24, 2.45) is 5.92 Å². The van der Waals surface area contributed by atoms with Gasteiger partial charge in [-0.05, 0) is 29.9 Å². The van der Waals surface area contributed by atoms with Gasteiger partial charge < -0.3 is 0 Å². The Kier molecular flexibility index (Phi) is 4.84. The van der Waals surface area contributed by atoms with Crippen molar-refractivity contribution in [2.45, 2.75) is 27.7 Å². The average Bonchev–Trinajstić information content (AvgIpc) is 2.26. The Balaban J connectivity index is 0.000000357. The molecule has 0 atom stereocenters. The number of nitro benzene ring substituents is 1. The van der Waals surface area contributed by atoms with Crippen molar-refractivity contribution in [1.82, 2.24) is 0 Å². The van der Waals surface area contributed by atoms with Crippen LogP contribution in [0.5, 0.6) is 0 Å². The van der Waals surface area contributed by atoms with E-state index in [1.807, 2.05) is 31.2 Å². The van der Waals surface area contributed by atoms with Crippen molar-refractivity contribution in [3.05, 3.63) is 52.1 Å². The standard InChI is InChI=1S/C11H9NO2.C4H10/c1-8-6-9-4-2-3-5-10(9)11(7-8)12(13)14;1-4(2)3/h2-7H,1H3;4H,1-3H3. The van der Waals surface area contributed by atoms with Gasteiger partial charge in [-0.25, -0.2) is 0 Å². The fraction of sp³-hybridized carbons (Fsp3) is 0.333. The summed E-state index contributed by atoms with van der Waals surface area (Å²) < 4.78 is 0. The van der Waals surface area contributed by atoms with E-state index in [1.165, 1.54) is 0 Å². The van der Waals surface area contributed by atoms with E-state index in [4.69, 9.17) is 0 Å². The average molecular weight is 245 g/mol. The van der Waals surface area contributed by atoms with Crippen LogP contribution in [-0.2, 0) is 0 Å². The lowest BCUT2D eigenvalue weighted by atomic mass is 10.1. The van der Waals surface area contributed by atoms with Crippen LogP contribution in [0, 0.1) is 23.0 Å². The van der Waals surface area contributed by atoms with Gasteiger partial charge in [-0.3, -0.25) is 10.1 Å². The maximum atomic E-state index is 10.8. The number of non-ortho nitro benzene ring substituents is 1. The summed E-state index contributed by atoms with van der Waals surface area (Å²) in [6, 6.07) is 10.9. The van der Waals surface area contributed by atoms with Gasteiger partial charge in [0.15, 0.2) is 0 Å². The number of nitrogens with zero attached hydrogens (tertiary/aromatic N) is 1. The first-order chi connectivity index (χ1) is 8.41. The number of fused-ring (bicyclic) bond motifs is 1. The zero-order valence-electron chi connectivity index (χ0n) is 11.3. The van der Waals surface area contributed by atoms with Gasteiger partial charge in [-0.1, -0.05) is 45.0 Å². The summed E-state index contributed by atoms with van der Waals surface area (Å²) >= 11 is 0. The molecule has 2 aromatic rings. The van der Waals surface area contributed by atoms with Crippen molar-refractivity contribution >= 4 is 16.5 Å². The molecule has 0 saturated carbocycles. The van der Waals surface area contributed by atoms with Crippen LogP contribution in [0.25, 0.3) is 10.8 Å². The van der Waals surface area contributed by atoms with Crippen LogP contribution in [-0.4, -0.2) is 4.92 Å². The maximum Gasteiger partial charge on any atom is 0.277 e. The van der Waals surface area contributed by atoms with Gasteiger partial charge in [0.05, 0.1) is 10.3 Å². The molecule has 0 amide bonds. The number of rotatable bonds is 1. The highest BCUT2D eigenvalue weighted by molar-refractivity contribution is 5.91. The van der Waals surface area contributed by atoms with Crippen LogP contribution in [0.4, 0.5) is 5.69 Å². The molecule has 2 aromatic carbocycles. The molecule has 2 rings (SSSR count). The third-order valence-corrected chi connectivity index (χ3v) is 2.18. The lowest BCUT2D eigenvalue weighted by molar-refractivity contribution is -0.383. The molecule has 3 nitrogen and oxygen atoms in total. The van der Waals surface area contributed by atoms with E-state index in [-0.39, 0.29) is 10.6 Å². The zero-order chi connectivity index (χ0) is 13.7. The molecular formula is C15H19NO2. The zero-order valence-corrected chi connectivity index (χ0v) is 11.3. The largest absolute Gasteiger partial charge is 0.277 e. The van der Waals surface area contributed by atoms with Gasteiger partial charge in [-0.2, -0.15) is 0 Å². The van der Waals surface area contributed by atoms with E-state index in [9.17, 15) is 10.1 Å². The number of benzene rings is 2. The minimum absolute atomic E-state index is 0.181. The van der Waals surface area contributed by atoms with E-state index < -0.39 is 0 Å². The molecule has 0 saturated heterocycles. The third kappa shape index (κ3) is 3.84. The molecule has 18 heavy (non-hydrogen) atoms. The molecule has 0 bridgehead atoms. The van der Waals surface area contributed by atoms with Crippen LogP contribution in [0.2, 0.25) is 0 Å². The normalized spacial score (nSPS) is 10.1. The van der Waals surface area contributed by atoms with Crippen molar-refractivity contribution in [1.29, 1.82) is 0 Å². The summed E-state index contributed by atoms with van der Waals surface area (Å²) in [6.45, 7) is 8.36. The number of nitro groups is 1. The lowest BCUT2D eigenvalue weighted by Gasteiger charge is -2.00. The minimum atomic E-state index is -0.338. The van der Waals surface area contributed by atoms with E-state index >= 15 is 0 Å². The summed E-state index contributed by atoms with van der Waals surface area (Å²) in [6.07, 6.45) is 0. The second-order valence-electron chi connectivity index (χ2n) is 4.99. The molecule has 0 aliphatic heterocycles. The molecule has 0 heterocycles. The quantitative estimate of drug-likeness (QED) is 0.539. The van der Waals surface area contributed by atoms with E-state index in [1.54, 1.807) is 12.1 Å². The fourth-order valence-corrected chi connectivity index (χ4v) is 1.59. The smallest absolute Gasteiger partial charge is 0.258 e. The topological polar surface area (TPSA) is 43.1 Å². The maximum absolute atomic E-state index is 10.8. The molecule has 3 heteroatoms. The van der Waals surface area contributed by atoms with Crippen molar-refractivity contribution < 1.29 is 4.92 Å². The Bertz CT molecular complexity index is 544. The number of hydrogen-bond donors (Lipinski definition) is 0. The predicted octanol–water partition coefficient (Wildman–Crippen LogP) is 4.72. The molecular weight excluding hydrogens is 226 g/mol. The van der Waals surface area contributed by atoms with Crippen molar-refractivity contribution in [3.8, 4) is 0 Å². The monoisotopic (exact) mass is 245 g/mol. The number of aryl methyl sites for hydroxylation is 1. The first kappa shape index (κ1) is 14.2. The van der Waals surface area contributed by atoms with Gasteiger partial charge >= 0.3 is 0 Å². The summed E-state index contributed by atoms with van der Waals surface area (Å²) in [5, 5.41) is 12.4. The van der Waals surface area contributed by atoms with Crippen LogP contribution in [0.3, 0.4) is 0 Å².